The number of benzene rings is 2. The summed E-state index contributed by atoms with van der Waals surface area (Å²) < 4.78 is 7.41. The molecule has 4 rings (SSSR count). The highest BCUT2D eigenvalue weighted by Gasteiger charge is 2.07. The molecular formula is C22H23IN6O. The molecule has 0 amide bonds. The molecule has 0 saturated carbocycles. The predicted molar refractivity (Wildman–Crippen MR) is 128 cm³/mol. The van der Waals surface area contributed by atoms with E-state index < -0.39 is 0 Å². The lowest BCUT2D eigenvalue weighted by Crippen LogP contribution is -2.36. The van der Waals surface area contributed by atoms with Gasteiger partial charge < -0.3 is 15.1 Å². The van der Waals surface area contributed by atoms with E-state index in [4.69, 9.17) is 4.42 Å². The van der Waals surface area contributed by atoms with Crippen LogP contribution in [0.5, 0.6) is 0 Å². The third kappa shape index (κ3) is 5.47. The highest BCUT2D eigenvalue weighted by Crippen LogP contribution is 2.17. The van der Waals surface area contributed by atoms with E-state index in [-0.39, 0.29) is 24.0 Å². The van der Waals surface area contributed by atoms with Crippen LogP contribution in [0.2, 0.25) is 0 Å². The van der Waals surface area contributed by atoms with E-state index in [1.807, 2.05) is 59.4 Å². The molecule has 0 aliphatic rings. The van der Waals surface area contributed by atoms with E-state index in [0.29, 0.717) is 24.9 Å². The number of nitrogens with zero attached hydrogens (tertiary/aromatic N) is 4. The van der Waals surface area contributed by atoms with Crippen LogP contribution in [0.1, 0.15) is 11.3 Å². The van der Waals surface area contributed by atoms with Crippen LogP contribution in [0.15, 0.2) is 88.7 Å². The number of nitrogens with one attached hydrogen (secondary N) is 2. The summed E-state index contributed by atoms with van der Waals surface area (Å²) in [5.41, 5.74) is 3.92. The molecular weight excluding hydrogens is 491 g/mol. The molecule has 0 saturated heterocycles. The first kappa shape index (κ1) is 21.6. The molecule has 0 aliphatic heterocycles. The maximum Gasteiger partial charge on any atom is 0.226 e. The number of aliphatic imine (C=N–C) groups is 1. The van der Waals surface area contributed by atoms with Gasteiger partial charge in [0.25, 0.3) is 0 Å². The Hall–Kier alpha value is -3.14. The van der Waals surface area contributed by atoms with Crippen molar-refractivity contribution in [3.05, 3.63) is 90.6 Å². The second-order valence-corrected chi connectivity index (χ2v) is 6.41. The van der Waals surface area contributed by atoms with Gasteiger partial charge in [0, 0.05) is 31.5 Å². The van der Waals surface area contributed by atoms with Crippen molar-refractivity contribution in [3.8, 4) is 17.1 Å². The summed E-state index contributed by atoms with van der Waals surface area (Å²) in [6, 6.07) is 20.0. The van der Waals surface area contributed by atoms with Crippen LogP contribution in [-0.4, -0.2) is 27.8 Å². The van der Waals surface area contributed by atoms with Crippen LogP contribution < -0.4 is 10.6 Å². The number of halogens is 1. The van der Waals surface area contributed by atoms with Gasteiger partial charge in [0.15, 0.2) is 5.96 Å². The molecule has 30 heavy (non-hydrogen) atoms. The standard InChI is InChI=1S/C22H22N6O.HI/c1-23-22(24-14-17-7-5-10-20(13-17)28-12-6-11-26-28)25-15-19-16-29-21(27-19)18-8-3-2-4-9-18;/h2-13,16H,14-15H2,1H3,(H2,23,24,25);1H. The minimum atomic E-state index is 0. The smallest absolute Gasteiger partial charge is 0.226 e. The third-order valence-electron chi connectivity index (χ3n) is 4.37. The van der Waals surface area contributed by atoms with E-state index in [1.54, 1.807) is 19.5 Å². The largest absolute Gasteiger partial charge is 0.444 e. The molecule has 0 spiro atoms. The van der Waals surface area contributed by atoms with Crippen LogP contribution in [-0.2, 0) is 13.1 Å². The maximum atomic E-state index is 5.57. The molecule has 2 heterocycles. The lowest BCUT2D eigenvalue weighted by molar-refractivity contribution is 0.572. The first-order chi connectivity index (χ1) is 14.3. The van der Waals surface area contributed by atoms with Crippen LogP contribution in [0.25, 0.3) is 17.1 Å². The van der Waals surface area contributed by atoms with Gasteiger partial charge in [-0.2, -0.15) is 5.10 Å². The van der Waals surface area contributed by atoms with Crippen LogP contribution >= 0.6 is 24.0 Å². The fourth-order valence-corrected chi connectivity index (χ4v) is 2.91. The Morgan fingerprint density at radius 2 is 1.87 bits per heavy atom. The Balaban J connectivity index is 0.00000256. The maximum absolute atomic E-state index is 5.57. The van der Waals surface area contributed by atoms with Gasteiger partial charge in [-0.05, 0) is 35.9 Å². The molecule has 154 valence electrons. The molecule has 2 N–H and O–H groups in total. The van der Waals surface area contributed by atoms with Gasteiger partial charge in [-0.25, -0.2) is 9.67 Å². The van der Waals surface area contributed by atoms with Gasteiger partial charge in [0.1, 0.15) is 6.26 Å². The Labute approximate surface area is 192 Å². The fourth-order valence-electron chi connectivity index (χ4n) is 2.91. The molecule has 0 aliphatic carbocycles. The van der Waals surface area contributed by atoms with Crippen molar-refractivity contribution in [1.82, 2.24) is 25.4 Å². The summed E-state index contributed by atoms with van der Waals surface area (Å²) in [4.78, 5) is 8.80. The molecule has 0 unspecified atom stereocenters. The van der Waals surface area contributed by atoms with Crippen molar-refractivity contribution in [2.75, 3.05) is 7.05 Å². The summed E-state index contributed by atoms with van der Waals surface area (Å²) in [7, 11) is 1.74. The molecule has 0 fully saturated rings. The van der Waals surface area contributed by atoms with Gasteiger partial charge in [-0.3, -0.25) is 4.99 Å². The number of hydrogen-bond donors (Lipinski definition) is 2. The van der Waals surface area contributed by atoms with E-state index in [2.05, 4.69) is 37.8 Å². The van der Waals surface area contributed by atoms with Gasteiger partial charge in [0.05, 0.1) is 17.9 Å². The summed E-state index contributed by atoms with van der Waals surface area (Å²) in [5.74, 6) is 1.31. The zero-order chi connectivity index (χ0) is 19.9. The van der Waals surface area contributed by atoms with Crippen LogP contribution in [0.3, 0.4) is 0 Å². The molecule has 2 aromatic carbocycles. The van der Waals surface area contributed by atoms with E-state index in [1.165, 1.54) is 0 Å². The van der Waals surface area contributed by atoms with E-state index in [0.717, 1.165) is 22.5 Å². The minimum absolute atomic E-state index is 0. The normalized spacial score (nSPS) is 11.0. The molecule has 0 atom stereocenters. The first-order valence-corrected chi connectivity index (χ1v) is 9.35. The summed E-state index contributed by atoms with van der Waals surface area (Å²) in [5, 5.41) is 10.8. The van der Waals surface area contributed by atoms with Crippen LogP contribution in [0, 0.1) is 0 Å². The average Bonchev–Trinajstić information content (AvgIpc) is 3.47. The monoisotopic (exact) mass is 514 g/mol. The van der Waals surface area contributed by atoms with Gasteiger partial charge >= 0.3 is 0 Å². The zero-order valence-corrected chi connectivity index (χ0v) is 18.9. The fraction of sp³-hybridized carbons (Fsp3) is 0.136. The lowest BCUT2D eigenvalue weighted by atomic mass is 10.2. The number of rotatable bonds is 6. The van der Waals surface area contributed by atoms with Crippen LogP contribution in [0.4, 0.5) is 0 Å². The Morgan fingerprint density at radius 3 is 2.63 bits per heavy atom. The molecule has 4 aromatic rings. The van der Waals surface area contributed by atoms with Gasteiger partial charge in [-0.15, -0.1) is 24.0 Å². The average molecular weight is 514 g/mol. The Morgan fingerprint density at radius 1 is 1.03 bits per heavy atom. The number of aromatic nitrogens is 3. The first-order valence-electron chi connectivity index (χ1n) is 9.35. The quantitative estimate of drug-likeness (QED) is 0.231. The van der Waals surface area contributed by atoms with Gasteiger partial charge in [0.2, 0.25) is 5.89 Å². The molecule has 0 bridgehead atoms. The minimum Gasteiger partial charge on any atom is -0.444 e. The Bertz CT molecular complexity index is 1080. The topological polar surface area (TPSA) is 80.3 Å². The third-order valence-corrected chi connectivity index (χ3v) is 4.37. The zero-order valence-electron chi connectivity index (χ0n) is 16.5. The summed E-state index contributed by atoms with van der Waals surface area (Å²) in [6.45, 7) is 1.16. The van der Waals surface area contributed by atoms with Crippen molar-refractivity contribution in [1.29, 1.82) is 0 Å². The predicted octanol–water partition coefficient (Wildman–Crippen LogP) is 4.01. The number of guanidine groups is 1. The van der Waals surface area contributed by atoms with Crippen molar-refractivity contribution in [2.24, 2.45) is 4.99 Å². The highest BCUT2D eigenvalue weighted by molar-refractivity contribution is 14.0. The molecule has 7 nitrogen and oxygen atoms in total. The highest BCUT2D eigenvalue weighted by atomic mass is 127. The molecule has 8 heteroatoms. The molecule has 0 radical (unpaired) electrons. The number of oxazole rings is 1. The second-order valence-electron chi connectivity index (χ2n) is 6.41. The lowest BCUT2D eigenvalue weighted by Gasteiger charge is -2.11. The SMILES string of the molecule is CN=C(NCc1cccc(-n2cccn2)c1)NCc1coc(-c2ccccc2)n1.I. The van der Waals surface area contributed by atoms with Crippen molar-refractivity contribution in [2.45, 2.75) is 13.1 Å². The summed E-state index contributed by atoms with van der Waals surface area (Å²) in [6.07, 6.45) is 5.36. The molecule has 2 aromatic heterocycles. The van der Waals surface area contributed by atoms with E-state index in [9.17, 15) is 0 Å². The van der Waals surface area contributed by atoms with Gasteiger partial charge in [-0.1, -0.05) is 30.3 Å². The van der Waals surface area contributed by atoms with E-state index >= 15 is 0 Å². The number of hydrogen-bond acceptors (Lipinski definition) is 4. The second kappa shape index (κ2) is 10.6. The van der Waals surface area contributed by atoms with Crippen molar-refractivity contribution in [3.63, 3.8) is 0 Å². The Kier molecular flexibility index (Phi) is 7.61. The summed E-state index contributed by atoms with van der Waals surface area (Å²) >= 11 is 0. The van der Waals surface area contributed by atoms with Crippen molar-refractivity contribution >= 4 is 29.9 Å². The van der Waals surface area contributed by atoms with Crippen molar-refractivity contribution < 1.29 is 4.42 Å².